The monoisotopic (exact) mass is 406 g/mol. The highest BCUT2D eigenvalue weighted by atomic mass is 19.4. The van der Waals surface area contributed by atoms with Gasteiger partial charge in [0, 0.05) is 5.56 Å². The van der Waals surface area contributed by atoms with E-state index in [0.29, 0.717) is 11.6 Å². The molecular formula is C19H17F3N4O3. The summed E-state index contributed by atoms with van der Waals surface area (Å²) >= 11 is 0. The molecule has 2 atom stereocenters. The number of nitrogens with zero attached hydrogens (tertiary/aromatic N) is 1. The fourth-order valence-corrected chi connectivity index (χ4v) is 3.47. The van der Waals surface area contributed by atoms with E-state index in [1.807, 2.05) is 0 Å². The standard InChI is InChI=1S/C19H17F3N4O3/c20-19(21,22)13-6-11(7-14(8-13)25-10-26-24)15(27)18(23)9-17(18,16(28)29)12-4-2-1-3-5-12/h1-8,10H,9,23-24H2,(H,25,26)(H,28,29). The zero-order valence-corrected chi connectivity index (χ0v) is 14.9. The van der Waals surface area contributed by atoms with Crippen molar-refractivity contribution in [2.75, 3.05) is 0 Å². The van der Waals surface area contributed by atoms with Gasteiger partial charge in [-0.05, 0) is 30.2 Å². The number of carboxylic acid groups (broad SMARTS) is 1. The first-order chi connectivity index (χ1) is 13.6. The summed E-state index contributed by atoms with van der Waals surface area (Å²) in [5.74, 6) is 2.80. The number of hydrazine groups is 1. The summed E-state index contributed by atoms with van der Waals surface area (Å²) in [5.41, 5.74) is 3.22. The number of benzene rings is 2. The highest BCUT2D eigenvalue weighted by Gasteiger charge is 2.75. The van der Waals surface area contributed by atoms with Crippen LogP contribution in [0, 0.1) is 0 Å². The molecule has 1 fully saturated rings. The molecule has 0 heterocycles. The lowest BCUT2D eigenvalue weighted by Gasteiger charge is -2.19. The second kappa shape index (κ2) is 6.98. The highest BCUT2D eigenvalue weighted by Crippen LogP contribution is 2.57. The molecule has 0 bridgehead atoms. The fraction of sp³-hybridized carbons (Fsp3) is 0.211. The number of halogens is 3. The zero-order valence-electron chi connectivity index (χ0n) is 14.9. The van der Waals surface area contributed by atoms with E-state index in [9.17, 15) is 27.9 Å². The van der Waals surface area contributed by atoms with Gasteiger partial charge in [0.2, 0.25) is 0 Å². The molecule has 0 aliphatic heterocycles. The van der Waals surface area contributed by atoms with Crippen LogP contribution in [0.4, 0.5) is 18.9 Å². The van der Waals surface area contributed by atoms with Gasteiger partial charge in [-0.25, -0.2) is 10.8 Å². The van der Waals surface area contributed by atoms with Crippen molar-refractivity contribution in [3.05, 3.63) is 65.2 Å². The van der Waals surface area contributed by atoms with Gasteiger partial charge in [0.1, 0.15) is 17.3 Å². The summed E-state index contributed by atoms with van der Waals surface area (Å²) in [6, 6.07) is 10.4. The zero-order chi connectivity index (χ0) is 21.4. The number of carbonyl (C=O) groups excluding carboxylic acids is 1. The molecule has 2 unspecified atom stereocenters. The topological polar surface area (TPSA) is 131 Å². The molecule has 7 nitrogen and oxygen atoms in total. The van der Waals surface area contributed by atoms with Crippen LogP contribution in [-0.4, -0.2) is 28.7 Å². The average Bonchev–Trinajstić information content (AvgIpc) is 3.34. The number of hydrogen-bond donors (Lipinski definition) is 4. The lowest BCUT2D eigenvalue weighted by atomic mass is 9.86. The van der Waals surface area contributed by atoms with Crippen molar-refractivity contribution in [3.63, 3.8) is 0 Å². The first kappa shape index (κ1) is 20.5. The van der Waals surface area contributed by atoms with Gasteiger partial charge in [0.15, 0.2) is 5.78 Å². The molecule has 6 N–H and O–H groups in total. The lowest BCUT2D eigenvalue weighted by molar-refractivity contribution is -0.140. The van der Waals surface area contributed by atoms with Crippen molar-refractivity contribution in [2.45, 2.75) is 23.6 Å². The number of carboxylic acids is 1. The Bertz CT molecular complexity index is 994. The molecule has 152 valence electrons. The number of aliphatic imine (C=N–C) groups is 1. The molecule has 1 saturated carbocycles. The molecule has 0 radical (unpaired) electrons. The summed E-state index contributed by atoms with van der Waals surface area (Å²) in [5, 5.41) is 9.79. The van der Waals surface area contributed by atoms with Crippen molar-refractivity contribution in [2.24, 2.45) is 16.6 Å². The first-order valence-electron chi connectivity index (χ1n) is 8.40. The molecule has 0 aromatic heterocycles. The number of alkyl halides is 3. The minimum Gasteiger partial charge on any atom is -0.481 e. The highest BCUT2D eigenvalue weighted by molar-refractivity contribution is 6.13. The second-order valence-corrected chi connectivity index (χ2v) is 6.74. The van der Waals surface area contributed by atoms with Gasteiger partial charge in [-0.15, -0.1) is 0 Å². The van der Waals surface area contributed by atoms with E-state index in [1.54, 1.807) is 18.2 Å². The van der Waals surface area contributed by atoms with Crippen LogP contribution in [0.25, 0.3) is 0 Å². The van der Waals surface area contributed by atoms with E-state index in [4.69, 9.17) is 11.6 Å². The maximum Gasteiger partial charge on any atom is 0.416 e. The largest absolute Gasteiger partial charge is 0.481 e. The molecule has 0 spiro atoms. The Morgan fingerprint density at radius 3 is 2.38 bits per heavy atom. The van der Waals surface area contributed by atoms with Crippen molar-refractivity contribution >= 4 is 23.8 Å². The molecular weight excluding hydrogens is 389 g/mol. The third kappa shape index (κ3) is 3.36. The molecule has 29 heavy (non-hydrogen) atoms. The van der Waals surface area contributed by atoms with Crippen molar-refractivity contribution in [1.29, 1.82) is 0 Å². The summed E-state index contributed by atoms with van der Waals surface area (Å²) in [6.07, 6.45) is -4.03. The number of nitrogens with one attached hydrogen (secondary N) is 1. The minimum atomic E-state index is -4.74. The van der Waals surface area contributed by atoms with Gasteiger partial charge in [-0.2, -0.15) is 13.2 Å². The SMILES string of the molecule is NNC=Nc1cc(C(=O)C2(N)CC2(C(=O)O)c2ccccc2)cc(C(F)(F)F)c1. The van der Waals surface area contributed by atoms with E-state index in [-0.39, 0.29) is 17.7 Å². The van der Waals surface area contributed by atoms with Gasteiger partial charge in [-0.3, -0.25) is 9.59 Å². The maximum atomic E-state index is 13.3. The Balaban J connectivity index is 2.08. The number of carbonyl (C=O) groups is 2. The van der Waals surface area contributed by atoms with Gasteiger partial charge >= 0.3 is 12.1 Å². The van der Waals surface area contributed by atoms with E-state index >= 15 is 0 Å². The van der Waals surface area contributed by atoms with Crippen LogP contribution in [0.2, 0.25) is 0 Å². The Kier molecular flexibility index (Phi) is 4.93. The van der Waals surface area contributed by atoms with E-state index in [1.165, 1.54) is 12.1 Å². The maximum absolute atomic E-state index is 13.3. The van der Waals surface area contributed by atoms with Crippen LogP contribution in [0.1, 0.15) is 27.9 Å². The normalized spacial score (nSPS) is 23.8. The summed E-state index contributed by atoms with van der Waals surface area (Å²) in [4.78, 5) is 28.8. The molecule has 0 saturated heterocycles. The van der Waals surface area contributed by atoms with E-state index in [0.717, 1.165) is 18.5 Å². The van der Waals surface area contributed by atoms with Crippen LogP contribution in [0.5, 0.6) is 0 Å². The Morgan fingerprint density at radius 2 is 1.83 bits per heavy atom. The molecule has 1 aliphatic rings. The van der Waals surface area contributed by atoms with Gasteiger partial charge in [0.25, 0.3) is 0 Å². The Labute approximate surface area is 163 Å². The number of Topliss-reactive ketones (excluding diaryl/α,β-unsaturated/α-hetero) is 1. The molecule has 1 aliphatic carbocycles. The van der Waals surface area contributed by atoms with Crippen LogP contribution in [0.3, 0.4) is 0 Å². The summed E-state index contributed by atoms with van der Waals surface area (Å²) < 4.78 is 39.8. The van der Waals surface area contributed by atoms with Crippen molar-refractivity contribution in [3.8, 4) is 0 Å². The fourth-order valence-electron chi connectivity index (χ4n) is 3.47. The van der Waals surface area contributed by atoms with E-state index in [2.05, 4.69) is 10.4 Å². The van der Waals surface area contributed by atoms with E-state index < -0.39 is 34.4 Å². The van der Waals surface area contributed by atoms with Crippen LogP contribution >= 0.6 is 0 Å². The quantitative estimate of drug-likeness (QED) is 0.191. The third-order valence-electron chi connectivity index (χ3n) is 5.01. The Hall–Kier alpha value is -3.24. The third-order valence-corrected chi connectivity index (χ3v) is 5.01. The Morgan fingerprint density at radius 1 is 1.17 bits per heavy atom. The molecule has 0 amide bonds. The van der Waals surface area contributed by atoms with Crippen LogP contribution in [0.15, 0.2) is 53.5 Å². The smallest absolute Gasteiger partial charge is 0.416 e. The van der Waals surface area contributed by atoms with Gasteiger partial charge < -0.3 is 16.3 Å². The summed E-state index contributed by atoms with van der Waals surface area (Å²) in [6.45, 7) is 0. The van der Waals surface area contributed by atoms with Crippen LogP contribution in [-0.2, 0) is 16.4 Å². The van der Waals surface area contributed by atoms with Crippen molar-refractivity contribution < 1.29 is 27.9 Å². The predicted molar refractivity (Wildman–Crippen MR) is 98.5 cm³/mol. The number of rotatable bonds is 6. The summed E-state index contributed by atoms with van der Waals surface area (Å²) in [7, 11) is 0. The number of nitrogens with two attached hydrogens (primary N) is 2. The second-order valence-electron chi connectivity index (χ2n) is 6.74. The first-order valence-corrected chi connectivity index (χ1v) is 8.40. The predicted octanol–water partition coefficient (Wildman–Crippen LogP) is 2.14. The number of ketones is 1. The average molecular weight is 406 g/mol. The molecule has 2 aromatic carbocycles. The molecule has 10 heteroatoms. The lowest BCUT2D eigenvalue weighted by Crippen LogP contribution is -2.45. The molecule has 3 rings (SSSR count). The van der Waals surface area contributed by atoms with Gasteiger partial charge in [-0.1, -0.05) is 30.3 Å². The van der Waals surface area contributed by atoms with Crippen molar-refractivity contribution in [1.82, 2.24) is 5.43 Å². The number of hydrogen-bond acceptors (Lipinski definition) is 5. The van der Waals surface area contributed by atoms with Gasteiger partial charge in [0.05, 0.1) is 11.3 Å². The minimum absolute atomic E-state index is 0.189. The van der Waals surface area contributed by atoms with Crippen LogP contribution < -0.4 is 17.0 Å². The number of aliphatic carboxylic acids is 1. The molecule has 2 aromatic rings.